The normalized spacial score (nSPS) is 15.0. The lowest BCUT2D eigenvalue weighted by Crippen LogP contribution is -2.44. The summed E-state index contributed by atoms with van der Waals surface area (Å²) in [6.45, 7) is 5.96. The van der Waals surface area contributed by atoms with E-state index in [1.165, 1.54) is 12.1 Å². The van der Waals surface area contributed by atoms with Crippen molar-refractivity contribution in [1.82, 2.24) is 0 Å². The monoisotopic (exact) mass is 267 g/mol. The molecule has 0 heterocycles. The largest absolute Gasteiger partial charge is 0.481 e. The van der Waals surface area contributed by atoms with Crippen LogP contribution in [0.3, 0.4) is 0 Å². The van der Waals surface area contributed by atoms with Gasteiger partial charge in [0.05, 0.1) is 0 Å². The second kappa shape index (κ2) is 5.70. The molecular formula is C15H22FNO2. The molecule has 0 aliphatic rings. The second-order valence-corrected chi connectivity index (χ2v) is 6.13. The fourth-order valence-corrected chi connectivity index (χ4v) is 2.09. The van der Waals surface area contributed by atoms with E-state index in [9.17, 15) is 14.3 Å². The fraction of sp³-hybridized carbons (Fsp3) is 0.533. The van der Waals surface area contributed by atoms with Crippen LogP contribution in [0.2, 0.25) is 0 Å². The van der Waals surface area contributed by atoms with Gasteiger partial charge in [0, 0.05) is 12.1 Å². The van der Waals surface area contributed by atoms with Gasteiger partial charge >= 0.3 is 5.97 Å². The first-order chi connectivity index (χ1) is 8.73. The van der Waals surface area contributed by atoms with E-state index >= 15 is 0 Å². The number of carboxylic acid groups (broad SMARTS) is 1. The van der Waals surface area contributed by atoms with E-state index in [2.05, 4.69) is 0 Å². The van der Waals surface area contributed by atoms with Gasteiger partial charge in [0.1, 0.15) is 11.2 Å². The number of halogens is 1. The van der Waals surface area contributed by atoms with Gasteiger partial charge in [-0.25, -0.2) is 4.39 Å². The van der Waals surface area contributed by atoms with Crippen LogP contribution in [0, 0.1) is 11.2 Å². The third-order valence-corrected chi connectivity index (χ3v) is 3.45. The van der Waals surface area contributed by atoms with Crippen molar-refractivity contribution in [3.05, 3.63) is 35.6 Å². The molecule has 0 aliphatic heterocycles. The molecule has 0 spiro atoms. The molecule has 1 aromatic carbocycles. The summed E-state index contributed by atoms with van der Waals surface area (Å²) < 4.78 is 13.9. The van der Waals surface area contributed by atoms with Crippen molar-refractivity contribution >= 4 is 5.97 Å². The molecule has 19 heavy (non-hydrogen) atoms. The number of hydrogen-bond donors (Lipinski definition) is 2. The van der Waals surface area contributed by atoms with E-state index in [1.807, 2.05) is 20.8 Å². The number of rotatable bonds is 5. The number of carboxylic acids is 1. The van der Waals surface area contributed by atoms with Crippen LogP contribution in [0.4, 0.5) is 4.39 Å². The minimum Gasteiger partial charge on any atom is -0.481 e. The molecule has 0 amide bonds. The van der Waals surface area contributed by atoms with Crippen LogP contribution in [-0.4, -0.2) is 17.6 Å². The first kappa shape index (κ1) is 15.6. The standard InChI is InChI=1S/C15H22FNO2/c1-14(2,3)8-9-15(10-17,13(18)19)11-6-4-5-7-12(11)16/h4-7H,8-10,17H2,1-3H3,(H,18,19). The highest BCUT2D eigenvalue weighted by atomic mass is 19.1. The van der Waals surface area contributed by atoms with Gasteiger partial charge in [0.25, 0.3) is 0 Å². The van der Waals surface area contributed by atoms with E-state index in [1.54, 1.807) is 12.1 Å². The maximum absolute atomic E-state index is 13.9. The lowest BCUT2D eigenvalue weighted by molar-refractivity contribution is -0.144. The van der Waals surface area contributed by atoms with E-state index in [-0.39, 0.29) is 17.5 Å². The van der Waals surface area contributed by atoms with Gasteiger partial charge in [-0.2, -0.15) is 0 Å². The predicted molar refractivity (Wildman–Crippen MR) is 73.5 cm³/mol. The van der Waals surface area contributed by atoms with Gasteiger partial charge < -0.3 is 10.8 Å². The van der Waals surface area contributed by atoms with E-state index < -0.39 is 17.2 Å². The molecule has 3 nitrogen and oxygen atoms in total. The summed E-state index contributed by atoms with van der Waals surface area (Å²) in [6.07, 6.45) is 0.980. The van der Waals surface area contributed by atoms with Crippen molar-refractivity contribution in [1.29, 1.82) is 0 Å². The summed E-state index contributed by atoms with van der Waals surface area (Å²) in [5, 5.41) is 9.55. The zero-order chi connectivity index (χ0) is 14.7. The van der Waals surface area contributed by atoms with Gasteiger partial charge in [-0.1, -0.05) is 39.0 Å². The second-order valence-electron chi connectivity index (χ2n) is 6.13. The lowest BCUT2D eigenvalue weighted by atomic mass is 9.73. The van der Waals surface area contributed by atoms with Crippen molar-refractivity contribution in [2.75, 3.05) is 6.54 Å². The van der Waals surface area contributed by atoms with Gasteiger partial charge in [-0.15, -0.1) is 0 Å². The quantitative estimate of drug-likeness (QED) is 0.862. The first-order valence-electron chi connectivity index (χ1n) is 6.41. The smallest absolute Gasteiger partial charge is 0.315 e. The lowest BCUT2D eigenvalue weighted by Gasteiger charge is -2.31. The first-order valence-corrected chi connectivity index (χ1v) is 6.41. The van der Waals surface area contributed by atoms with Crippen LogP contribution in [0.5, 0.6) is 0 Å². The molecule has 0 aromatic heterocycles. The van der Waals surface area contributed by atoms with Crippen molar-refractivity contribution in [3.63, 3.8) is 0 Å². The molecule has 1 aromatic rings. The van der Waals surface area contributed by atoms with Crippen LogP contribution >= 0.6 is 0 Å². The minimum absolute atomic E-state index is 0.0267. The van der Waals surface area contributed by atoms with Crippen LogP contribution in [-0.2, 0) is 10.2 Å². The molecule has 0 saturated carbocycles. The molecule has 3 N–H and O–H groups in total. The molecular weight excluding hydrogens is 245 g/mol. The summed E-state index contributed by atoms with van der Waals surface area (Å²) in [6, 6.07) is 5.98. The number of nitrogens with two attached hydrogens (primary N) is 1. The summed E-state index contributed by atoms with van der Waals surface area (Å²) in [5.74, 6) is -1.58. The summed E-state index contributed by atoms with van der Waals surface area (Å²) in [7, 11) is 0. The number of benzene rings is 1. The third kappa shape index (κ3) is 3.53. The van der Waals surface area contributed by atoms with Crippen molar-refractivity contribution in [2.45, 2.75) is 39.0 Å². The number of carbonyl (C=O) groups is 1. The molecule has 1 atom stereocenters. The molecule has 106 valence electrons. The van der Waals surface area contributed by atoms with Gasteiger partial charge in [0.15, 0.2) is 0 Å². The van der Waals surface area contributed by atoms with E-state index in [4.69, 9.17) is 5.73 Å². The average molecular weight is 267 g/mol. The van der Waals surface area contributed by atoms with E-state index in [0.29, 0.717) is 12.8 Å². The Morgan fingerprint density at radius 3 is 2.26 bits per heavy atom. The van der Waals surface area contributed by atoms with Crippen molar-refractivity contribution < 1.29 is 14.3 Å². The van der Waals surface area contributed by atoms with Crippen LogP contribution < -0.4 is 5.73 Å². The molecule has 1 unspecified atom stereocenters. The molecule has 0 bridgehead atoms. The predicted octanol–water partition coefficient (Wildman–Crippen LogP) is 2.93. The van der Waals surface area contributed by atoms with Crippen LogP contribution in [0.1, 0.15) is 39.2 Å². The Balaban J connectivity index is 3.20. The van der Waals surface area contributed by atoms with Gasteiger partial charge in [0.2, 0.25) is 0 Å². The Morgan fingerprint density at radius 2 is 1.84 bits per heavy atom. The minimum atomic E-state index is -1.35. The Morgan fingerprint density at radius 1 is 1.26 bits per heavy atom. The maximum atomic E-state index is 13.9. The fourth-order valence-electron chi connectivity index (χ4n) is 2.09. The molecule has 0 saturated heterocycles. The summed E-state index contributed by atoms with van der Waals surface area (Å²) in [5.41, 5.74) is 4.49. The van der Waals surface area contributed by atoms with Crippen LogP contribution in [0.25, 0.3) is 0 Å². The molecule has 0 fully saturated rings. The van der Waals surface area contributed by atoms with Crippen molar-refractivity contribution in [3.8, 4) is 0 Å². The molecule has 0 radical (unpaired) electrons. The molecule has 4 heteroatoms. The van der Waals surface area contributed by atoms with Gasteiger partial charge in [-0.05, 0) is 24.3 Å². The Kier molecular flexibility index (Phi) is 4.69. The highest BCUT2D eigenvalue weighted by Crippen LogP contribution is 2.35. The van der Waals surface area contributed by atoms with Crippen molar-refractivity contribution in [2.24, 2.45) is 11.1 Å². The summed E-state index contributed by atoms with van der Waals surface area (Å²) >= 11 is 0. The SMILES string of the molecule is CC(C)(C)CCC(CN)(C(=O)O)c1ccccc1F. The average Bonchev–Trinajstić information content (AvgIpc) is 2.30. The highest BCUT2D eigenvalue weighted by Gasteiger charge is 2.41. The number of hydrogen-bond acceptors (Lipinski definition) is 2. The molecule has 1 rings (SSSR count). The topological polar surface area (TPSA) is 63.3 Å². The summed E-state index contributed by atoms with van der Waals surface area (Å²) in [4.78, 5) is 11.7. The van der Waals surface area contributed by atoms with Gasteiger partial charge in [-0.3, -0.25) is 4.79 Å². The Hall–Kier alpha value is -1.42. The highest BCUT2D eigenvalue weighted by molar-refractivity contribution is 5.81. The Bertz CT molecular complexity index is 454. The Labute approximate surface area is 113 Å². The number of aliphatic carboxylic acids is 1. The van der Waals surface area contributed by atoms with Crippen LogP contribution in [0.15, 0.2) is 24.3 Å². The van der Waals surface area contributed by atoms with E-state index in [0.717, 1.165) is 0 Å². The molecule has 0 aliphatic carbocycles. The zero-order valence-corrected chi connectivity index (χ0v) is 11.7. The maximum Gasteiger partial charge on any atom is 0.315 e. The zero-order valence-electron chi connectivity index (χ0n) is 11.7. The third-order valence-electron chi connectivity index (χ3n) is 3.45.